The fourth-order valence-corrected chi connectivity index (χ4v) is 3.37. The monoisotopic (exact) mass is 259 g/mol. The van der Waals surface area contributed by atoms with E-state index < -0.39 is 0 Å². The lowest BCUT2D eigenvalue weighted by Crippen LogP contribution is -2.27. The summed E-state index contributed by atoms with van der Waals surface area (Å²) in [6.45, 7) is 8.31. The Balaban J connectivity index is 1.57. The Kier molecular flexibility index (Phi) is 3.65. The maximum absolute atomic E-state index is 6.05. The van der Waals surface area contributed by atoms with Crippen LogP contribution in [0.5, 0.6) is 0 Å². The maximum Gasteiger partial charge on any atom is 0.0420 e. The molecule has 0 radical (unpaired) electrons. The lowest BCUT2D eigenvalue weighted by atomic mass is 10.1. The van der Waals surface area contributed by atoms with Gasteiger partial charge in [0.15, 0.2) is 0 Å². The molecule has 0 spiro atoms. The van der Waals surface area contributed by atoms with Crippen LogP contribution in [0.3, 0.4) is 0 Å². The number of fused-ring (bicyclic) bond motifs is 1. The van der Waals surface area contributed by atoms with Gasteiger partial charge < -0.3 is 15.5 Å². The number of rotatable bonds is 4. The lowest BCUT2D eigenvalue weighted by Gasteiger charge is -2.22. The zero-order valence-electron chi connectivity index (χ0n) is 12.0. The molecule has 0 aromatic heterocycles. The minimum absolute atomic E-state index is 0.935. The molecule has 2 heterocycles. The molecule has 3 nitrogen and oxygen atoms in total. The summed E-state index contributed by atoms with van der Waals surface area (Å²) in [5, 5.41) is 0. The summed E-state index contributed by atoms with van der Waals surface area (Å²) in [6, 6.07) is 4.44. The number of nitrogen functional groups attached to an aromatic ring is 1. The van der Waals surface area contributed by atoms with Crippen LogP contribution in [-0.2, 0) is 6.42 Å². The van der Waals surface area contributed by atoms with Crippen molar-refractivity contribution in [1.29, 1.82) is 0 Å². The van der Waals surface area contributed by atoms with Gasteiger partial charge in [-0.3, -0.25) is 0 Å². The Labute approximate surface area is 116 Å². The van der Waals surface area contributed by atoms with Crippen LogP contribution in [0.25, 0.3) is 0 Å². The van der Waals surface area contributed by atoms with E-state index in [0.717, 1.165) is 12.2 Å². The van der Waals surface area contributed by atoms with E-state index in [1.165, 1.54) is 68.7 Å². The molecule has 3 heteroatoms. The molecule has 19 heavy (non-hydrogen) atoms. The molecule has 0 amide bonds. The van der Waals surface area contributed by atoms with Gasteiger partial charge >= 0.3 is 0 Å². The molecule has 0 bridgehead atoms. The summed E-state index contributed by atoms with van der Waals surface area (Å²) < 4.78 is 0. The number of aryl methyl sites for hydroxylation is 1. The van der Waals surface area contributed by atoms with E-state index in [1.807, 2.05) is 0 Å². The Morgan fingerprint density at radius 2 is 1.89 bits per heavy atom. The molecule has 1 fully saturated rings. The second-order valence-electron chi connectivity index (χ2n) is 5.98. The first kappa shape index (κ1) is 12.8. The highest BCUT2D eigenvalue weighted by molar-refractivity contribution is 5.67. The van der Waals surface area contributed by atoms with Crippen LogP contribution in [0.4, 0.5) is 11.4 Å². The first-order valence-corrected chi connectivity index (χ1v) is 7.60. The van der Waals surface area contributed by atoms with Crippen LogP contribution in [0.1, 0.15) is 30.4 Å². The Bertz CT molecular complexity index is 450. The molecule has 2 aliphatic rings. The summed E-state index contributed by atoms with van der Waals surface area (Å²) in [5.41, 5.74) is 11.1. The van der Waals surface area contributed by atoms with Crippen molar-refractivity contribution < 1.29 is 0 Å². The van der Waals surface area contributed by atoms with E-state index in [4.69, 9.17) is 5.73 Å². The minimum Gasteiger partial charge on any atom is -0.398 e. The van der Waals surface area contributed by atoms with Gasteiger partial charge in [-0.25, -0.2) is 0 Å². The fraction of sp³-hybridized carbons (Fsp3) is 0.625. The summed E-state index contributed by atoms with van der Waals surface area (Å²) in [4.78, 5) is 5.11. The van der Waals surface area contributed by atoms with Gasteiger partial charge in [-0.05, 0) is 69.4 Å². The molecule has 2 aliphatic heterocycles. The van der Waals surface area contributed by atoms with Crippen molar-refractivity contribution in [3.63, 3.8) is 0 Å². The van der Waals surface area contributed by atoms with Crippen LogP contribution >= 0.6 is 0 Å². The second kappa shape index (κ2) is 5.41. The molecule has 1 aromatic rings. The quantitative estimate of drug-likeness (QED) is 0.843. The number of hydrogen-bond acceptors (Lipinski definition) is 3. The molecule has 2 N–H and O–H groups in total. The third kappa shape index (κ3) is 2.71. The average Bonchev–Trinajstić information content (AvgIpc) is 3.02. The van der Waals surface area contributed by atoms with Crippen molar-refractivity contribution in [2.45, 2.75) is 32.6 Å². The fourth-order valence-electron chi connectivity index (χ4n) is 3.37. The van der Waals surface area contributed by atoms with Crippen molar-refractivity contribution in [3.8, 4) is 0 Å². The van der Waals surface area contributed by atoms with Crippen LogP contribution in [0.15, 0.2) is 12.1 Å². The van der Waals surface area contributed by atoms with E-state index in [0.29, 0.717) is 0 Å². The number of hydrogen-bond donors (Lipinski definition) is 1. The van der Waals surface area contributed by atoms with Crippen LogP contribution in [-0.4, -0.2) is 37.6 Å². The maximum atomic E-state index is 6.05. The van der Waals surface area contributed by atoms with E-state index in [2.05, 4.69) is 28.9 Å². The topological polar surface area (TPSA) is 32.5 Å². The highest BCUT2D eigenvalue weighted by Gasteiger charge is 2.20. The predicted molar refractivity (Wildman–Crippen MR) is 81.8 cm³/mol. The highest BCUT2D eigenvalue weighted by atomic mass is 15.2. The molecular formula is C16H25N3. The molecule has 0 saturated carbocycles. The van der Waals surface area contributed by atoms with Gasteiger partial charge in [0.05, 0.1) is 0 Å². The molecule has 1 saturated heterocycles. The molecule has 0 atom stereocenters. The van der Waals surface area contributed by atoms with E-state index in [-0.39, 0.29) is 0 Å². The van der Waals surface area contributed by atoms with Crippen LogP contribution in [0, 0.1) is 6.92 Å². The lowest BCUT2D eigenvalue weighted by molar-refractivity contribution is 0.335. The molecule has 0 aliphatic carbocycles. The number of anilines is 2. The van der Waals surface area contributed by atoms with Crippen molar-refractivity contribution in [2.24, 2.45) is 0 Å². The predicted octanol–water partition coefficient (Wildman–Crippen LogP) is 2.43. The molecule has 0 unspecified atom stereocenters. The molecule has 104 valence electrons. The SMILES string of the molecule is Cc1cc2c(cc1N)N(CCCN1CCCC1)CC2. The number of benzene rings is 1. The Morgan fingerprint density at radius 3 is 2.68 bits per heavy atom. The van der Waals surface area contributed by atoms with Gasteiger partial charge in [0.25, 0.3) is 0 Å². The van der Waals surface area contributed by atoms with Gasteiger partial charge in [0, 0.05) is 24.5 Å². The van der Waals surface area contributed by atoms with Crippen molar-refractivity contribution in [2.75, 3.05) is 43.4 Å². The minimum atomic E-state index is 0.935. The van der Waals surface area contributed by atoms with Gasteiger partial charge in [0.2, 0.25) is 0 Å². The van der Waals surface area contributed by atoms with Crippen molar-refractivity contribution in [1.82, 2.24) is 4.90 Å². The highest BCUT2D eigenvalue weighted by Crippen LogP contribution is 2.32. The number of likely N-dealkylation sites (tertiary alicyclic amines) is 1. The van der Waals surface area contributed by atoms with E-state index >= 15 is 0 Å². The van der Waals surface area contributed by atoms with Gasteiger partial charge in [-0.15, -0.1) is 0 Å². The molecule has 3 rings (SSSR count). The zero-order valence-corrected chi connectivity index (χ0v) is 12.0. The van der Waals surface area contributed by atoms with E-state index in [9.17, 15) is 0 Å². The van der Waals surface area contributed by atoms with Gasteiger partial charge in [-0.1, -0.05) is 6.07 Å². The third-order valence-corrected chi connectivity index (χ3v) is 4.56. The third-order valence-electron chi connectivity index (χ3n) is 4.56. The second-order valence-corrected chi connectivity index (χ2v) is 5.98. The molecular weight excluding hydrogens is 234 g/mol. The van der Waals surface area contributed by atoms with E-state index in [1.54, 1.807) is 0 Å². The first-order chi connectivity index (χ1) is 9.24. The standard InChI is InChI=1S/C16H25N3/c1-13-11-14-5-10-19(16(14)12-15(13)17)9-4-8-18-6-2-3-7-18/h11-12H,2-10,17H2,1H3. The summed E-state index contributed by atoms with van der Waals surface area (Å²) in [5.74, 6) is 0. The summed E-state index contributed by atoms with van der Waals surface area (Å²) >= 11 is 0. The van der Waals surface area contributed by atoms with Gasteiger partial charge in [-0.2, -0.15) is 0 Å². The summed E-state index contributed by atoms with van der Waals surface area (Å²) in [6.07, 6.45) is 5.23. The van der Waals surface area contributed by atoms with Crippen molar-refractivity contribution >= 4 is 11.4 Å². The average molecular weight is 259 g/mol. The Morgan fingerprint density at radius 1 is 1.11 bits per heavy atom. The number of nitrogens with two attached hydrogens (primary N) is 1. The van der Waals surface area contributed by atoms with Crippen LogP contribution in [0.2, 0.25) is 0 Å². The van der Waals surface area contributed by atoms with Gasteiger partial charge in [0.1, 0.15) is 0 Å². The van der Waals surface area contributed by atoms with Crippen LogP contribution < -0.4 is 10.6 Å². The smallest absolute Gasteiger partial charge is 0.0420 e. The first-order valence-electron chi connectivity index (χ1n) is 7.60. The summed E-state index contributed by atoms with van der Waals surface area (Å²) in [7, 11) is 0. The zero-order chi connectivity index (χ0) is 13.2. The normalized spacial score (nSPS) is 19.1. The number of nitrogens with zero attached hydrogens (tertiary/aromatic N) is 2. The largest absolute Gasteiger partial charge is 0.398 e. The molecule has 1 aromatic carbocycles. The van der Waals surface area contributed by atoms with Crippen molar-refractivity contribution in [3.05, 3.63) is 23.3 Å². The Hall–Kier alpha value is -1.22.